The number of thiophene rings is 1. The van der Waals surface area contributed by atoms with E-state index in [0.29, 0.717) is 11.3 Å². The smallest absolute Gasteiger partial charge is 0.156 e. The lowest BCUT2D eigenvalue weighted by atomic mass is 10.1. The number of hydroxylamine groups is 1. The Morgan fingerprint density at radius 1 is 1.16 bits per heavy atom. The van der Waals surface area contributed by atoms with Crippen LogP contribution in [0.1, 0.15) is 17.2 Å². The summed E-state index contributed by atoms with van der Waals surface area (Å²) in [6.07, 6.45) is 0. The molecule has 1 heterocycles. The monoisotopic (exact) mass is 377 g/mol. The Labute approximate surface area is 150 Å². The van der Waals surface area contributed by atoms with Crippen LogP contribution in [-0.4, -0.2) is 26.5 Å². The second kappa shape index (κ2) is 7.53. The van der Waals surface area contributed by atoms with E-state index in [9.17, 15) is 13.6 Å². The third-order valence-electron chi connectivity index (χ3n) is 4.00. The molecule has 0 radical (unpaired) electrons. The molecule has 3 rings (SSSR count). The molecule has 0 spiro atoms. The highest BCUT2D eigenvalue weighted by molar-refractivity contribution is 7.90. The van der Waals surface area contributed by atoms with E-state index >= 15 is 0 Å². The van der Waals surface area contributed by atoms with Crippen molar-refractivity contribution in [2.75, 3.05) is 12.9 Å². The summed E-state index contributed by atoms with van der Waals surface area (Å²) in [6.45, 7) is 0. The fourth-order valence-electron chi connectivity index (χ4n) is 2.72. The molecule has 1 atom stereocenters. The van der Waals surface area contributed by atoms with Gasteiger partial charge in [0.1, 0.15) is 5.75 Å². The highest BCUT2D eigenvalue weighted by Gasteiger charge is 2.21. The van der Waals surface area contributed by atoms with Crippen LogP contribution in [0.15, 0.2) is 53.9 Å². The van der Waals surface area contributed by atoms with Gasteiger partial charge in [0.2, 0.25) is 0 Å². The first kappa shape index (κ1) is 17.9. The van der Waals surface area contributed by atoms with E-state index in [1.165, 1.54) is 0 Å². The minimum Gasteiger partial charge on any atom is -0.497 e. The van der Waals surface area contributed by atoms with Crippen LogP contribution in [-0.2, 0) is 15.6 Å². The summed E-state index contributed by atoms with van der Waals surface area (Å²) in [5.41, 5.74) is 3.53. The van der Waals surface area contributed by atoms with Crippen molar-refractivity contribution in [2.24, 2.45) is 0 Å². The second-order valence-corrected chi connectivity index (χ2v) is 8.86. The molecule has 0 aliphatic carbocycles. The van der Waals surface area contributed by atoms with Crippen LogP contribution >= 0.6 is 11.3 Å². The van der Waals surface area contributed by atoms with E-state index in [0.717, 1.165) is 15.6 Å². The van der Waals surface area contributed by atoms with Gasteiger partial charge >= 0.3 is 0 Å². The van der Waals surface area contributed by atoms with Crippen LogP contribution in [0.2, 0.25) is 0 Å². The quantitative estimate of drug-likeness (QED) is 0.616. The van der Waals surface area contributed by atoms with Crippen LogP contribution in [0.25, 0.3) is 10.1 Å². The summed E-state index contributed by atoms with van der Waals surface area (Å²) < 4.78 is 31.4. The van der Waals surface area contributed by atoms with Gasteiger partial charge in [-0.1, -0.05) is 18.2 Å². The number of sulfone groups is 1. The van der Waals surface area contributed by atoms with Gasteiger partial charge in [0.25, 0.3) is 0 Å². The Kier molecular flexibility index (Phi) is 5.39. The Morgan fingerprint density at radius 2 is 1.92 bits per heavy atom. The van der Waals surface area contributed by atoms with Crippen molar-refractivity contribution in [3.63, 3.8) is 0 Å². The van der Waals surface area contributed by atoms with Crippen molar-refractivity contribution in [1.82, 2.24) is 5.48 Å². The molecule has 0 aliphatic heterocycles. The molecular formula is C18H19NO4S2. The first-order valence-electron chi connectivity index (χ1n) is 7.71. The van der Waals surface area contributed by atoms with Crippen LogP contribution in [0.5, 0.6) is 5.75 Å². The summed E-state index contributed by atoms with van der Waals surface area (Å²) in [5, 5.41) is 12.4. The molecule has 0 saturated carbocycles. The van der Waals surface area contributed by atoms with Crippen molar-refractivity contribution in [2.45, 2.75) is 11.8 Å². The van der Waals surface area contributed by atoms with E-state index < -0.39 is 15.9 Å². The molecule has 132 valence electrons. The number of benzene rings is 2. The Balaban J connectivity index is 1.75. The maximum Gasteiger partial charge on any atom is 0.156 e. The number of nitrogens with one attached hydrogen (secondary N) is 1. The van der Waals surface area contributed by atoms with Gasteiger partial charge in [-0.3, -0.25) is 0 Å². The molecule has 0 amide bonds. The molecule has 0 unspecified atom stereocenters. The van der Waals surface area contributed by atoms with Crippen molar-refractivity contribution >= 4 is 31.3 Å². The molecule has 0 bridgehead atoms. The molecule has 0 aliphatic rings. The first-order valence-corrected chi connectivity index (χ1v) is 10.4. The van der Waals surface area contributed by atoms with Crippen LogP contribution in [0.3, 0.4) is 0 Å². The standard InChI is InChI=1S/C18H19NO4S2/c1-23-16-5-3-14(4-6-16)17(19-20)12-25(21,22)11-13-2-7-18-15(10-13)8-9-24-18/h2-10,17,19-20H,11-12H2,1H3/t17-/m1/s1. The molecule has 3 aromatic rings. The predicted molar refractivity (Wildman–Crippen MR) is 100.0 cm³/mol. The molecule has 0 fully saturated rings. The third-order valence-corrected chi connectivity index (χ3v) is 6.51. The number of hydrogen-bond donors (Lipinski definition) is 2. The minimum atomic E-state index is -3.41. The summed E-state index contributed by atoms with van der Waals surface area (Å²) in [6, 6.07) is 13.9. The lowest BCUT2D eigenvalue weighted by Crippen LogP contribution is -2.26. The average molecular weight is 377 g/mol. The molecule has 1 aromatic heterocycles. The number of methoxy groups -OCH3 is 1. The first-order chi connectivity index (χ1) is 12.0. The summed E-state index contributed by atoms with van der Waals surface area (Å²) in [5.74, 6) is 0.414. The number of fused-ring (bicyclic) bond motifs is 1. The van der Waals surface area contributed by atoms with Gasteiger partial charge in [0.05, 0.1) is 24.7 Å². The maximum atomic E-state index is 12.6. The zero-order valence-corrected chi connectivity index (χ0v) is 15.3. The molecule has 7 heteroatoms. The lowest BCUT2D eigenvalue weighted by Gasteiger charge is -2.16. The topological polar surface area (TPSA) is 75.6 Å². The van der Waals surface area contributed by atoms with Crippen molar-refractivity contribution in [1.29, 1.82) is 0 Å². The van der Waals surface area contributed by atoms with Gasteiger partial charge in [-0.15, -0.1) is 11.3 Å². The van der Waals surface area contributed by atoms with Crippen LogP contribution in [0, 0.1) is 0 Å². The highest BCUT2D eigenvalue weighted by Crippen LogP contribution is 2.24. The van der Waals surface area contributed by atoms with Gasteiger partial charge < -0.3 is 9.94 Å². The Hall–Kier alpha value is -1.93. The molecule has 2 aromatic carbocycles. The molecule has 5 nitrogen and oxygen atoms in total. The molecule has 2 N–H and O–H groups in total. The van der Waals surface area contributed by atoms with Crippen molar-refractivity contribution in [3.8, 4) is 5.75 Å². The normalized spacial score (nSPS) is 13.0. The van der Waals surface area contributed by atoms with E-state index in [2.05, 4.69) is 5.48 Å². The van der Waals surface area contributed by atoms with Gasteiger partial charge in [-0.2, -0.15) is 5.48 Å². The Morgan fingerprint density at radius 3 is 2.60 bits per heavy atom. The van der Waals surface area contributed by atoms with Gasteiger partial charge in [-0.05, 0) is 52.2 Å². The average Bonchev–Trinajstić information content (AvgIpc) is 3.07. The maximum absolute atomic E-state index is 12.6. The number of hydrogen-bond acceptors (Lipinski definition) is 6. The third kappa shape index (κ3) is 4.38. The fourth-order valence-corrected chi connectivity index (χ4v) is 5.07. The summed E-state index contributed by atoms with van der Waals surface area (Å²) >= 11 is 1.63. The van der Waals surface area contributed by atoms with E-state index in [-0.39, 0.29) is 11.5 Å². The van der Waals surface area contributed by atoms with Crippen molar-refractivity contribution in [3.05, 3.63) is 65.0 Å². The summed E-state index contributed by atoms with van der Waals surface area (Å²) in [7, 11) is -1.85. The van der Waals surface area contributed by atoms with E-state index in [4.69, 9.17) is 4.74 Å². The molecule has 0 saturated heterocycles. The highest BCUT2D eigenvalue weighted by atomic mass is 32.2. The van der Waals surface area contributed by atoms with Crippen LogP contribution in [0.4, 0.5) is 0 Å². The largest absolute Gasteiger partial charge is 0.497 e. The molecule has 25 heavy (non-hydrogen) atoms. The molecular weight excluding hydrogens is 358 g/mol. The van der Waals surface area contributed by atoms with Gasteiger partial charge in [0.15, 0.2) is 9.84 Å². The van der Waals surface area contributed by atoms with E-state index in [1.54, 1.807) is 42.7 Å². The van der Waals surface area contributed by atoms with Crippen molar-refractivity contribution < 1.29 is 18.4 Å². The zero-order valence-electron chi connectivity index (χ0n) is 13.7. The predicted octanol–water partition coefficient (Wildman–Crippen LogP) is 3.54. The lowest BCUT2D eigenvalue weighted by molar-refractivity contribution is 0.134. The number of ether oxygens (including phenoxy) is 1. The SMILES string of the molecule is COc1ccc([C@@H](CS(=O)(=O)Cc2ccc3sccc3c2)NO)cc1. The second-order valence-electron chi connectivity index (χ2n) is 5.80. The van der Waals surface area contributed by atoms with E-state index in [1.807, 2.05) is 29.6 Å². The zero-order chi connectivity index (χ0) is 17.9. The van der Waals surface area contributed by atoms with Crippen LogP contribution < -0.4 is 10.2 Å². The minimum absolute atomic E-state index is 0.0624. The fraction of sp³-hybridized carbons (Fsp3) is 0.222. The summed E-state index contributed by atoms with van der Waals surface area (Å²) in [4.78, 5) is 0. The Bertz CT molecular complexity index is 949. The van der Waals surface area contributed by atoms with Gasteiger partial charge in [0, 0.05) is 4.70 Å². The van der Waals surface area contributed by atoms with Gasteiger partial charge in [-0.25, -0.2) is 8.42 Å². The number of rotatable bonds is 7.